The number of aliphatic hydroxyl groups is 2. The molecule has 0 aliphatic rings. The van der Waals surface area contributed by atoms with Gasteiger partial charge in [0.15, 0.2) is 0 Å². The molecule has 0 fully saturated rings. The fourth-order valence-corrected chi connectivity index (χ4v) is 6.41. The third-order valence-corrected chi connectivity index (χ3v) is 9.73. The Labute approximate surface area is 306 Å². The molecule has 0 radical (unpaired) electrons. The van der Waals surface area contributed by atoms with Crippen LogP contribution in [0.25, 0.3) is 0 Å². The highest BCUT2D eigenvalue weighted by Gasteiger charge is 2.27. The van der Waals surface area contributed by atoms with E-state index in [2.05, 4.69) is 43.5 Å². The molecule has 0 spiro atoms. The maximum atomic E-state index is 12.8. The molecular weight excluding hydrogens is 651 g/mol. The summed E-state index contributed by atoms with van der Waals surface area (Å²) in [7, 11) is -4.40. The lowest BCUT2D eigenvalue weighted by atomic mass is 10.0. The smallest absolute Gasteiger partial charge is 0.393 e. The maximum Gasteiger partial charge on any atom is 0.472 e. The highest BCUT2D eigenvalue weighted by atomic mass is 31.2. The molecule has 0 saturated carbocycles. The first-order chi connectivity index (χ1) is 24.3. The average Bonchev–Trinajstić information content (AvgIpc) is 3.09. The summed E-state index contributed by atoms with van der Waals surface area (Å²) < 4.78 is 22.0. The van der Waals surface area contributed by atoms with Gasteiger partial charge in [0.1, 0.15) is 0 Å². The lowest BCUT2D eigenvalue weighted by Gasteiger charge is -2.24. The maximum absolute atomic E-state index is 12.8. The van der Waals surface area contributed by atoms with Crippen LogP contribution in [0.15, 0.2) is 36.5 Å². The van der Waals surface area contributed by atoms with Crippen LogP contribution in [0.4, 0.5) is 0 Å². The van der Waals surface area contributed by atoms with Gasteiger partial charge in [-0.2, -0.15) is 0 Å². The lowest BCUT2D eigenvalue weighted by Crippen LogP contribution is -2.46. The Hall–Kier alpha value is -1.32. The van der Waals surface area contributed by atoms with Crippen molar-refractivity contribution in [1.29, 1.82) is 0 Å². The number of nitrogens with one attached hydrogen (secondary N) is 1. The Kier molecular flexibility index (Phi) is 35.1. The molecule has 0 heterocycles. The number of allylic oxidation sites excluding steroid dienone is 5. The second kappa shape index (κ2) is 36.1. The first-order valence-electron chi connectivity index (χ1n) is 20.2. The quantitative estimate of drug-likeness (QED) is 0.0241. The van der Waals surface area contributed by atoms with Crippen LogP contribution in [-0.2, 0) is 18.4 Å². The van der Waals surface area contributed by atoms with E-state index in [1.165, 1.54) is 96.3 Å². The number of rotatable bonds is 37. The molecule has 4 unspecified atom stereocenters. The van der Waals surface area contributed by atoms with Gasteiger partial charge in [-0.3, -0.25) is 13.8 Å². The fraction of sp³-hybridized carbons (Fsp3) is 0.825. The highest BCUT2D eigenvalue weighted by Crippen LogP contribution is 2.43. The van der Waals surface area contributed by atoms with Gasteiger partial charge in [-0.1, -0.05) is 147 Å². The van der Waals surface area contributed by atoms with Crippen molar-refractivity contribution in [3.63, 3.8) is 0 Å². The van der Waals surface area contributed by atoms with Crippen LogP contribution in [0, 0.1) is 0 Å². The molecule has 9 nitrogen and oxygen atoms in total. The van der Waals surface area contributed by atoms with Crippen LogP contribution in [0.5, 0.6) is 0 Å². The third-order valence-electron chi connectivity index (χ3n) is 8.74. The molecule has 0 aromatic rings. The van der Waals surface area contributed by atoms with Crippen LogP contribution in [0.2, 0.25) is 0 Å². The minimum atomic E-state index is -4.40. The van der Waals surface area contributed by atoms with Gasteiger partial charge in [0.05, 0.1) is 37.9 Å². The van der Waals surface area contributed by atoms with E-state index in [9.17, 15) is 24.5 Å². The van der Waals surface area contributed by atoms with Crippen molar-refractivity contribution in [3.8, 4) is 0 Å². The molecule has 0 bridgehead atoms. The van der Waals surface area contributed by atoms with Gasteiger partial charge in [0, 0.05) is 6.54 Å². The van der Waals surface area contributed by atoms with Crippen LogP contribution < -0.4 is 11.1 Å². The second-order valence-corrected chi connectivity index (χ2v) is 15.1. The minimum Gasteiger partial charge on any atom is -0.393 e. The molecule has 0 aromatic heterocycles. The predicted octanol–water partition coefficient (Wildman–Crippen LogP) is 9.75. The van der Waals surface area contributed by atoms with E-state index in [1.54, 1.807) is 6.08 Å². The van der Waals surface area contributed by atoms with E-state index in [0.717, 1.165) is 44.9 Å². The number of carbonyl (C=O) groups excluding carboxylic acids is 1. The summed E-state index contributed by atoms with van der Waals surface area (Å²) in [4.78, 5) is 22.7. The number of hydrogen-bond donors (Lipinski definition) is 5. The summed E-state index contributed by atoms with van der Waals surface area (Å²) in [6.45, 7) is 3.90. The average molecular weight is 729 g/mol. The molecule has 0 aliphatic carbocycles. The Morgan fingerprint density at radius 1 is 0.680 bits per heavy atom. The molecule has 294 valence electrons. The van der Waals surface area contributed by atoms with E-state index >= 15 is 0 Å². The first kappa shape index (κ1) is 48.7. The third kappa shape index (κ3) is 33.8. The summed E-state index contributed by atoms with van der Waals surface area (Å²) >= 11 is 0. The molecule has 10 heteroatoms. The van der Waals surface area contributed by atoms with Gasteiger partial charge in [-0.15, -0.1) is 0 Å². The normalized spacial score (nSPS) is 15.2. The number of phosphoric ester groups is 1. The van der Waals surface area contributed by atoms with Gasteiger partial charge >= 0.3 is 7.82 Å². The molecular formula is C40H77N2O7P. The lowest BCUT2D eigenvalue weighted by molar-refractivity contribution is -0.124. The number of aliphatic hydroxyl groups excluding tert-OH is 2. The zero-order valence-corrected chi connectivity index (χ0v) is 32.9. The zero-order valence-electron chi connectivity index (χ0n) is 32.0. The Morgan fingerprint density at radius 3 is 1.66 bits per heavy atom. The number of hydrogen-bond acceptors (Lipinski definition) is 7. The van der Waals surface area contributed by atoms with Crippen LogP contribution in [0.1, 0.15) is 174 Å². The van der Waals surface area contributed by atoms with Crippen molar-refractivity contribution in [1.82, 2.24) is 5.32 Å². The SMILES string of the molecule is CCCCCCC/C=C/CC/C=C/C(O)C(COP(=O)(O)OCCN)NC(=O)CC(O)CCCCCCC/C=C\CCCCCCCCCC. The largest absolute Gasteiger partial charge is 0.472 e. The van der Waals surface area contributed by atoms with E-state index < -0.39 is 38.6 Å². The standard InChI is InChI=1S/C40H77N2O7P/c1-3-5-7-9-11-13-15-16-17-18-19-20-22-23-25-27-29-31-37(43)35-40(45)42-38(36-49-50(46,47)48-34-33-41)39(44)32-30-28-26-24-21-14-12-10-8-6-4-2/h18-19,21,24,30,32,37-39,43-44H,3-17,20,22-23,25-29,31,33-36,41H2,1-2H3,(H,42,45)(H,46,47)/b19-18-,24-21+,32-30+. The molecule has 0 rings (SSSR count). The van der Waals surface area contributed by atoms with Gasteiger partial charge in [-0.25, -0.2) is 4.57 Å². The Morgan fingerprint density at radius 2 is 1.14 bits per heavy atom. The fourth-order valence-electron chi connectivity index (χ4n) is 5.66. The van der Waals surface area contributed by atoms with Gasteiger partial charge in [0.25, 0.3) is 0 Å². The predicted molar refractivity (Wildman–Crippen MR) is 209 cm³/mol. The summed E-state index contributed by atoms with van der Waals surface area (Å²) in [6, 6.07) is -0.999. The van der Waals surface area contributed by atoms with Gasteiger partial charge in [0.2, 0.25) is 5.91 Å². The van der Waals surface area contributed by atoms with Crippen LogP contribution >= 0.6 is 7.82 Å². The monoisotopic (exact) mass is 729 g/mol. The van der Waals surface area contributed by atoms with Gasteiger partial charge < -0.3 is 26.2 Å². The summed E-state index contributed by atoms with van der Waals surface area (Å²) in [5.74, 6) is -0.463. The number of carbonyl (C=O) groups is 1. The van der Waals surface area contributed by atoms with E-state index in [0.29, 0.717) is 12.8 Å². The molecule has 4 atom stereocenters. The highest BCUT2D eigenvalue weighted by molar-refractivity contribution is 7.47. The number of phosphoric acid groups is 1. The molecule has 0 saturated heterocycles. The van der Waals surface area contributed by atoms with E-state index in [4.69, 9.17) is 14.8 Å². The van der Waals surface area contributed by atoms with Crippen LogP contribution in [-0.4, -0.2) is 59.0 Å². The Bertz CT molecular complexity index is 899. The molecule has 0 aliphatic heterocycles. The van der Waals surface area contributed by atoms with Crippen molar-refractivity contribution in [2.45, 2.75) is 193 Å². The summed E-state index contributed by atoms with van der Waals surface area (Å²) in [5, 5.41) is 23.9. The van der Waals surface area contributed by atoms with E-state index in [1.807, 2.05) is 6.08 Å². The molecule has 6 N–H and O–H groups in total. The zero-order chi connectivity index (χ0) is 37.0. The van der Waals surface area contributed by atoms with E-state index in [-0.39, 0.29) is 19.6 Å². The Balaban J connectivity index is 4.37. The second-order valence-electron chi connectivity index (χ2n) is 13.7. The number of unbranched alkanes of at least 4 members (excludes halogenated alkanes) is 19. The topological polar surface area (TPSA) is 151 Å². The van der Waals surface area contributed by atoms with Crippen molar-refractivity contribution >= 4 is 13.7 Å². The van der Waals surface area contributed by atoms with Crippen LogP contribution in [0.3, 0.4) is 0 Å². The number of amides is 1. The molecule has 1 amide bonds. The summed E-state index contributed by atoms with van der Waals surface area (Å²) in [6.07, 6.45) is 38.1. The first-order valence-corrected chi connectivity index (χ1v) is 21.7. The molecule has 50 heavy (non-hydrogen) atoms. The van der Waals surface area contributed by atoms with Crippen molar-refractivity contribution in [2.24, 2.45) is 5.73 Å². The summed E-state index contributed by atoms with van der Waals surface area (Å²) in [5.41, 5.74) is 5.34. The minimum absolute atomic E-state index is 0.0431. The van der Waals surface area contributed by atoms with Crippen molar-refractivity contribution < 1.29 is 33.5 Å². The number of nitrogens with two attached hydrogens (primary N) is 1. The van der Waals surface area contributed by atoms with Crippen molar-refractivity contribution in [2.75, 3.05) is 19.8 Å². The van der Waals surface area contributed by atoms with Gasteiger partial charge in [-0.05, 0) is 57.8 Å². The van der Waals surface area contributed by atoms with Crippen molar-refractivity contribution in [3.05, 3.63) is 36.5 Å². The molecule has 0 aromatic carbocycles.